The van der Waals surface area contributed by atoms with Crippen LogP contribution in [0.25, 0.3) is 110 Å². The second kappa shape index (κ2) is 29.5. The maximum absolute atomic E-state index is 15.9. The maximum Gasteiger partial charge on any atom is 0.194 e. The standard InChI is InChI=1S/C65H62N2O3.C25H10Br2O3.C21H28/c1-62(2,3)39-21-29-43(30-22-39)66(44-31-23-40(24-32-44)63(4,5)6)51-37-50-58(61-55(51)47-17-13-15-19-53(47)70-61)56-49(59(50)68)38-52(60-57(56)48-18-14-16-20-54(48)69-60)67(45-33-25-41(26-34-45)64(7,8)9)46-35-27-42(28-36-46)65(10,11)12;26-15-9-14-22(25-19(15)11-5-1-3-7-17(11)30-25)20-13(23(14)28)10-16(27)24-21(20)12-6-2-4-8-18(12)29-24;1-20(2,3)18-11-7-16(8-12-18)15-17-9-13-19(14-10-17)21(4,5)6/h13-38H,1-12H3;1-10H;7-14H,15H2,1-6H3. The smallest absolute Gasteiger partial charge is 0.194 e. The van der Waals surface area contributed by atoms with Crippen LogP contribution in [0.15, 0.2) is 294 Å². The third-order valence-corrected chi connectivity index (χ3v) is 25.7. The topological polar surface area (TPSA) is 93.2 Å². The highest BCUT2D eigenvalue weighted by Crippen LogP contribution is 2.58. The summed E-state index contributed by atoms with van der Waals surface area (Å²) in [5, 5.41) is 7.67. The molecule has 0 radical (unpaired) electrons. The van der Waals surface area contributed by atoms with E-state index in [9.17, 15) is 4.79 Å². The number of benzene rings is 14. The number of para-hydroxylation sites is 4. The predicted molar refractivity (Wildman–Crippen MR) is 512 cm³/mol. The van der Waals surface area contributed by atoms with Crippen molar-refractivity contribution in [3.05, 3.63) is 343 Å². The van der Waals surface area contributed by atoms with Gasteiger partial charge in [-0.15, -0.1) is 0 Å². The van der Waals surface area contributed by atoms with Gasteiger partial charge >= 0.3 is 0 Å². The zero-order chi connectivity index (χ0) is 85.1. The van der Waals surface area contributed by atoms with Crippen LogP contribution in [0, 0.1) is 0 Å². The number of hydrogen-bond acceptors (Lipinski definition) is 8. The molecule has 8 nitrogen and oxygen atoms in total. The number of hydrogen-bond donors (Lipinski definition) is 0. The number of anilines is 6. The highest BCUT2D eigenvalue weighted by molar-refractivity contribution is 9.11. The molecule has 0 N–H and O–H groups in total. The Morgan fingerprint density at radius 1 is 0.256 bits per heavy atom. The van der Waals surface area contributed by atoms with Crippen LogP contribution in [0.2, 0.25) is 0 Å². The van der Waals surface area contributed by atoms with E-state index in [1.165, 1.54) is 44.5 Å². The SMILES string of the molecule is CC(C)(C)c1ccc(Cc2ccc(C(C)(C)C)cc2)cc1.CC(C)(C)c1ccc(N(c2ccc(C(C)(C)C)cc2)c2cc3c(c4c2oc2ccccc24)-c2c(cc(N(c4ccc(C(C)(C)C)cc4)c4ccc(C(C)(C)C)cc4)c4c2oc2ccccc24)C3=O)cc1.O=C1c2cc(Br)c3c(oc4ccccc43)c2-c2c1cc(Br)c1oc3ccccc3c21. The van der Waals surface area contributed by atoms with Gasteiger partial charge in [-0.3, -0.25) is 9.59 Å². The second-order valence-electron chi connectivity index (χ2n) is 39.0. The molecule has 0 atom stereocenters. The van der Waals surface area contributed by atoms with E-state index >= 15 is 4.79 Å². The van der Waals surface area contributed by atoms with Gasteiger partial charge in [-0.05, 0) is 212 Å². The lowest BCUT2D eigenvalue weighted by Crippen LogP contribution is -2.15. The number of fused-ring (bicyclic) bond motifs is 22. The van der Waals surface area contributed by atoms with E-state index in [0.29, 0.717) is 33.4 Å². The number of halogens is 2. The minimum Gasteiger partial charge on any atom is -0.455 e. The Hall–Kier alpha value is -11.8. The van der Waals surface area contributed by atoms with Crippen molar-refractivity contribution in [1.29, 1.82) is 0 Å². The number of carbonyl (C=O) groups excluding carboxylic acids is 2. The van der Waals surface area contributed by atoms with Crippen molar-refractivity contribution in [3.8, 4) is 22.3 Å². The van der Waals surface area contributed by atoms with Crippen molar-refractivity contribution in [2.75, 3.05) is 9.80 Å². The van der Waals surface area contributed by atoms with E-state index in [1.54, 1.807) is 0 Å². The maximum atomic E-state index is 15.9. The number of furan rings is 4. The molecular formula is C111H100Br2N2O6. The van der Waals surface area contributed by atoms with E-state index in [4.69, 9.17) is 17.7 Å². The minimum absolute atomic E-state index is 0.00376. The van der Waals surface area contributed by atoms with Gasteiger partial charge in [0.1, 0.15) is 39.1 Å². The Labute approximate surface area is 725 Å². The molecule has 0 saturated heterocycles. The summed E-state index contributed by atoms with van der Waals surface area (Å²) in [4.78, 5) is 33.9. The number of ketones is 2. The quantitative estimate of drug-likeness (QED) is 0.149. The summed E-state index contributed by atoms with van der Waals surface area (Å²) in [5.74, 6) is -0.0600. The van der Waals surface area contributed by atoms with Crippen molar-refractivity contribution in [2.45, 2.75) is 164 Å². The van der Waals surface area contributed by atoms with Crippen LogP contribution in [-0.4, -0.2) is 11.6 Å². The van der Waals surface area contributed by atoms with Crippen LogP contribution in [0.5, 0.6) is 0 Å². The molecule has 0 unspecified atom stereocenters. The molecule has 0 aliphatic heterocycles. The molecular weight excluding hydrogens is 1620 g/mol. The summed E-state index contributed by atoms with van der Waals surface area (Å²) in [7, 11) is 0. The largest absolute Gasteiger partial charge is 0.455 e. The zero-order valence-corrected chi connectivity index (χ0v) is 75.4. The molecule has 121 heavy (non-hydrogen) atoms. The monoisotopic (exact) mass is 1710 g/mol. The van der Waals surface area contributed by atoms with E-state index in [1.807, 2.05) is 84.9 Å². The molecule has 2 aliphatic rings. The molecule has 0 amide bonds. The molecule has 0 fully saturated rings. The number of carbonyl (C=O) groups is 2. The van der Waals surface area contributed by atoms with E-state index in [-0.39, 0.29) is 44.1 Å². The molecule has 4 aromatic heterocycles. The van der Waals surface area contributed by atoms with Crippen molar-refractivity contribution in [2.24, 2.45) is 0 Å². The molecule has 20 rings (SSSR count). The van der Waals surface area contributed by atoms with Gasteiger partial charge in [0, 0.05) is 109 Å². The first-order valence-corrected chi connectivity index (χ1v) is 43.6. The van der Waals surface area contributed by atoms with Gasteiger partial charge < -0.3 is 27.5 Å². The summed E-state index contributed by atoms with van der Waals surface area (Å²) in [6.07, 6.45) is 1.01. The van der Waals surface area contributed by atoms with Crippen molar-refractivity contribution in [1.82, 2.24) is 0 Å². The Bertz CT molecular complexity index is 7000. The van der Waals surface area contributed by atoms with Crippen molar-refractivity contribution >= 4 is 165 Å². The summed E-state index contributed by atoms with van der Waals surface area (Å²) < 4.78 is 28.3. The lowest BCUT2D eigenvalue weighted by Gasteiger charge is -2.29. The van der Waals surface area contributed by atoms with Crippen LogP contribution < -0.4 is 9.80 Å². The molecule has 18 aromatic rings. The molecule has 2 aliphatic carbocycles. The van der Waals surface area contributed by atoms with Crippen LogP contribution in [-0.2, 0) is 38.9 Å². The summed E-state index contributed by atoms with van der Waals surface area (Å²) in [6.45, 7) is 40.4. The molecule has 4 heterocycles. The Morgan fingerprint density at radius 3 is 0.876 bits per heavy atom. The third-order valence-electron chi connectivity index (χ3n) is 24.4. The lowest BCUT2D eigenvalue weighted by molar-refractivity contribution is 0.103. The summed E-state index contributed by atoms with van der Waals surface area (Å²) >= 11 is 7.29. The first-order valence-electron chi connectivity index (χ1n) is 42.0. The average Bonchev–Trinajstić information content (AvgIpc) is 1.53. The molecule has 0 spiro atoms. The van der Waals surface area contributed by atoms with Gasteiger partial charge in [0.2, 0.25) is 0 Å². The molecule has 14 aromatic carbocycles. The van der Waals surface area contributed by atoms with Crippen LogP contribution in [0.4, 0.5) is 34.1 Å². The Morgan fingerprint density at radius 2 is 0.512 bits per heavy atom. The number of nitrogens with zero attached hydrogens (tertiary/aromatic N) is 2. The summed E-state index contributed by atoms with van der Waals surface area (Å²) in [5.41, 5.74) is 28.2. The van der Waals surface area contributed by atoms with Gasteiger partial charge in [-0.2, -0.15) is 0 Å². The lowest BCUT2D eigenvalue weighted by atomic mass is 9.85. The van der Waals surface area contributed by atoms with E-state index in [0.717, 1.165) is 148 Å². The third kappa shape index (κ3) is 14.3. The van der Waals surface area contributed by atoms with Gasteiger partial charge in [-0.25, -0.2) is 0 Å². The van der Waals surface area contributed by atoms with Gasteiger partial charge in [-0.1, -0.05) is 294 Å². The first kappa shape index (κ1) is 80.3. The van der Waals surface area contributed by atoms with Crippen LogP contribution >= 0.6 is 31.9 Å². The van der Waals surface area contributed by atoms with Crippen molar-refractivity contribution < 1.29 is 27.3 Å². The average molecular weight is 1720 g/mol. The van der Waals surface area contributed by atoms with Crippen LogP contribution in [0.1, 0.15) is 201 Å². The predicted octanol–water partition coefficient (Wildman–Crippen LogP) is 32.9. The highest BCUT2D eigenvalue weighted by atomic mass is 79.9. The first-order chi connectivity index (χ1) is 57.5. The second-order valence-corrected chi connectivity index (χ2v) is 40.7. The highest BCUT2D eigenvalue weighted by Gasteiger charge is 2.40. The Balaban J connectivity index is 0.000000159. The Kier molecular flexibility index (Phi) is 19.6. The van der Waals surface area contributed by atoms with E-state index < -0.39 is 0 Å². The zero-order valence-electron chi connectivity index (χ0n) is 72.2. The fourth-order valence-corrected chi connectivity index (χ4v) is 18.7. The fourth-order valence-electron chi connectivity index (χ4n) is 17.6. The molecule has 10 heteroatoms. The van der Waals surface area contributed by atoms with Crippen LogP contribution in [0.3, 0.4) is 0 Å². The molecule has 604 valence electrons. The van der Waals surface area contributed by atoms with Gasteiger partial charge in [0.15, 0.2) is 17.1 Å². The normalized spacial score (nSPS) is 13.0. The molecule has 0 bridgehead atoms. The van der Waals surface area contributed by atoms with Gasteiger partial charge in [0.25, 0.3) is 0 Å². The van der Waals surface area contributed by atoms with E-state index in [2.05, 4.69) is 348 Å². The minimum atomic E-state index is -0.0562. The number of rotatable bonds is 8. The summed E-state index contributed by atoms with van der Waals surface area (Å²) in [6, 6.07) is 93.8. The van der Waals surface area contributed by atoms with Crippen molar-refractivity contribution in [3.63, 3.8) is 0 Å². The van der Waals surface area contributed by atoms with Gasteiger partial charge in [0.05, 0.1) is 21.2 Å². The fraction of sp³-hybridized carbons (Fsp3) is 0.225. The molecule has 0 saturated carbocycles.